The van der Waals surface area contributed by atoms with Gasteiger partial charge < -0.3 is 14.6 Å². The van der Waals surface area contributed by atoms with Gasteiger partial charge in [-0.25, -0.2) is 18.2 Å². The number of carbonyl (C=O) groups excluding carboxylic acids is 1. The lowest BCUT2D eigenvalue weighted by Crippen LogP contribution is -2.46. The minimum Gasteiger partial charge on any atom is -0.475 e. The number of hydrogen-bond acceptors (Lipinski definition) is 5. The van der Waals surface area contributed by atoms with Crippen molar-refractivity contribution in [3.05, 3.63) is 25.2 Å². The number of aryl methyl sites for hydroxylation is 1. The van der Waals surface area contributed by atoms with Crippen molar-refractivity contribution in [3.8, 4) is 0 Å². The maximum atomic E-state index is 12.6. The van der Waals surface area contributed by atoms with Gasteiger partial charge >= 0.3 is 12.1 Å². The quantitative estimate of drug-likeness (QED) is 0.688. The summed E-state index contributed by atoms with van der Waals surface area (Å²) in [4.78, 5) is 27.3. The molecule has 0 bridgehead atoms. The molecular weight excluding hydrogens is 429 g/mol. The van der Waals surface area contributed by atoms with Crippen LogP contribution in [0.15, 0.2) is 30.2 Å². The third-order valence-electron chi connectivity index (χ3n) is 5.16. The van der Waals surface area contributed by atoms with Crippen molar-refractivity contribution >= 4 is 21.9 Å². The first kappa shape index (κ1) is 23.9. The second-order valence-corrected chi connectivity index (χ2v) is 9.04. The van der Waals surface area contributed by atoms with E-state index in [1.807, 2.05) is 4.90 Å². The largest absolute Gasteiger partial charge is 0.490 e. The van der Waals surface area contributed by atoms with E-state index < -0.39 is 22.2 Å². The number of amides is 1. The van der Waals surface area contributed by atoms with Crippen LogP contribution in [0.4, 0.5) is 13.2 Å². The van der Waals surface area contributed by atoms with Crippen LogP contribution < -0.4 is 0 Å². The standard InChI is InChI=1S/C15H22N4O3S.C2HF3O2/c1-3-7-18-8-4-15(14(18)20)5-9-19(10-6-15)23(21,22)13-11-17(2)12-16-13;3-2(4,5)1(6)7/h3,11-12H,1,4-10H2,2H3;(H,6,7). The van der Waals surface area contributed by atoms with Crippen LogP contribution in [-0.4, -0.2) is 76.5 Å². The number of carboxylic acid groups (broad SMARTS) is 1. The van der Waals surface area contributed by atoms with E-state index in [2.05, 4.69) is 11.6 Å². The molecule has 0 atom stereocenters. The van der Waals surface area contributed by atoms with E-state index in [0.717, 1.165) is 13.0 Å². The lowest BCUT2D eigenvalue weighted by Gasteiger charge is -2.36. The van der Waals surface area contributed by atoms with Gasteiger partial charge in [-0.3, -0.25) is 4.79 Å². The molecule has 30 heavy (non-hydrogen) atoms. The Kier molecular flexibility index (Phi) is 6.97. The lowest BCUT2D eigenvalue weighted by molar-refractivity contribution is -0.192. The molecular formula is C17H23F3N4O5S. The van der Waals surface area contributed by atoms with Gasteiger partial charge in [0.15, 0.2) is 5.03 Å². The van der Waals surface area contributed by atoms with Crippen LogP contribution in [0.25, 0.3) is 0 Å². The number of carbonyl (C=O) groups is 2. The van der Waals surface area contributed by atoms with E-state index in [1.54, 1.807) is 17.7 Å². The molecule has 9 nitrogen and oxygen atoms in total. The molecule has 0 unspecified atom stereocenters. The number of halogens is 3. The van der Waals surface area contributed by atoms with Gasteiger partial charge in [-0.2, -0.15) is 17.5 Å². The van der Waals surface area contributed by atoms with E-state index in [9.17, 15) is 26.4 Å². The highest BCUT2D eigenvalue weighted by molar-refractivity contribution is 7.89. The molecule has 1 aromatic heterocycles. The fraction of sp³-hybridized carbons (Fsp3) is 0.588. The van der Waals surface area contributed by atoms with Gasteiger partial charge in [-0.15, -0.1) is 6.58 Å². The fourth-order valence-electron chi connectivity index (χ4n) is 3.50. The average molecular weight is 452 g/mol. The van der Waals surface area contributed by atoms with Gasteiger partial charge in [0.05, 0.1) is 11.7 Å². The Hall–Kier alpha value is -2.41. The number of likely N-dealkylation sites (tertiary alicyclic amines) is 1. The summed E-state index contributed by atoms with van der Waals surface area (Å²) in [5.41, 5.74) is -0.390. The van der Waals surface area contributed by atoms with E-state index in [1.165, 1.54) is 16.8 Å². The molecule has 3 rings (SSSR count). The Balaban J connectivity index is 0.000000396. The summed E-state index contributed by atoms with van der Waals surface area (Å²) in [6.45, 7) is 5.72. The Labute approximate surface area is 171 Å². The Morgan fingerprint density at radius 1 is 1.30 bits per heavy atom. The highest BCUT2D eigenvalue weighted by Gasteiger charge is 2.49. The summed E-state index contributed by atoms with van der Waals surface area (Å²) in [5, 5.41) is 7.20. The van der Waals surface area contributed by atoms with Crippen LogP contribution >= 0.6 is 0 Å². The fourth-order valence-corrected chi connectivity index (χ4v) is 4.90. The number of imidazole rings is 1. The Morgan fingerprint density at radius 2 is 1.83 bits per heavy atom. The Bertz CT molecular complexity index is 905. The predicted molar refractivity (Wildman–Crippen MR) is 98.7 cm³/mol. The molecule has 1 amide bonds. The van der Waals surface area contributed by atoms with Crippen LogP contribution in [0.1, 0.15) is 19.3 Å². The predicted octanol–water partition coefficient (Wildman–Crippen LogP) is 1.24. The Morgan fingerprint density at radius 3 is 2.27 bits per heavy atom. The van der Waals surface area contributed by atoms with Gasteiger partial charge in [0.2, 0.25) is 5.91 Å². The number of sulfonamides is 1. The van der Waals surface area contributed by atoms with Crippen molar-refractivity contribution in [2.24, 2.45) is 12.5 Å². The molecule has 168 valence electrons. The number of rotatable bonds is 4. The molecule has 1 N–H and O–H groups in total. The normalized spacial score (nSPS) is 19.5. The summed E-state index contributed by atoms with van der Waals surface area (Å²) in [7, 11) is -1.83. The summed E-state index contributed by atoms with van der Waals surface area (Å²) in [6, 6.07) is 0. The summed E-state index contributed by atoms with van der Waals surface area (Å²) in [5.74, 6) is -2.61. The SMILES string of the molecule is C=CCN1CCC2(CCN(S(=O)(=O)c3cn(C)cn3)CC2)C1=O.O=C(O)C(F)(F)F. The highest BCUT2D eigenvalue weighted by Crippen LogP contribution is 2.42. The second kappa shape index (κ2) is 8.76. The molecule has 3 heterocycles. The molecule has 0 aromatic carbocycles. The van der Waals surface area contributed by atoms with Crippen molar-refractivity contribution in [3.63, 3.8) is 0 Å². The van der Waals surface area contributed by atoms with Crippen LogP contribution in [0.5, 0.6) is 0 Å². The molecule has 0 aliphatic carbocycles. The van der Waals surface area contributed by atoms with Crippen molar-refractivity contribution in [1.29, 1.82) is 0 Å². The monoisotopic (exact) mass is 452 g/mol. The lowest BCUT2D eigenvalue weighted by atomic mass is 9.77. The number of hydrogen-bond donors (Lipinski definition) is 1. The molecule has 0 saturated carbocycles. The van der Waals surface area contributed by atoms with Gasteiger partial charge in [0, 0.05) is 39.4 Å². The maximum Gasteiger partial charge on any atom is 0.490 e. The average Bonchev–Trinajstić information content (AvgIpc) is 3.22. The van der Waals surface area contributed by atoms with Crippen molar-refractivity contribution in [1.82, 2.24) is 18.8 Å². The maximum absolute atomic E-state index is 12.6. The first-order valence-electron chi connectivity index (χ1n) is 9.02. The van der Waals surface area contributed by atoms with Crippen molar-refractivity contribution in [2.45, 2.75) is 30.5 Å². The van der Waals surface area contributed by atoms with Gasteiger partial charge in [-0.1, -0.05) is 6.08 Å². The van der Waals surface area contributed by atoms with E-state index >= 15 is 0 Å². The van der Waals surface area contributed by atoms with Crippen LogP contribution in [0.2, 0.25) is 0 Å². The summed E-state index contributed by atoms with van der Waals surface area (Å²) >= 11 is 0. The van der Waals surface area contributed by atoms with E-state index in [0.29, 0.717) is 32.5 Å². The summed E-state index contributed by atoms with van der Waals surface area (Å²) < 4.78 is 60.0. The molecule has 2 fully saturated rings. The number of nitrogens with zero attached hydrogens (tertiary/aromatic N) is 4. The minimum atomic E-state index is -5.08. The van der Waals surface area contributed by atoms with E-state index in [-0.39, 0.29) is 16.3 Å². The van der Waals surface area contributed by atoms with Crippen LogP contribution in [-0.2, 0) is 26.7 Å². The zero-order valence-corrected chi connectivity index (χ0v) is 17.1. The topological polar surface area (TPSA) is 113 Å². The van der Waals surface area contributed by atoms with E-state index in [4.69, 9.17) is 9.90 Å². The molecule has 0 radical (unpaired) electrons. The second-order valence-electron chi connectivity index (χ2n) is 7.15. The third kappa shape index (κ3) is 5.01. The first-order valence-corrected chi connectivity index (χ1v) is 10.5. The van der Waals surface area contributed by atoms with Gasteiger partial charge in [0.1, 0.15) is 0 Å². The zero-order chi connectivity index (χ0) is 22.7. The molecule has 2 aliphatic rings. The van der Waals surface area contributed by atoms with Crippen molar-refractivity contribution in [2.75, 3.05) is 26.2 Å². The number of piperidine rings is 1. The number of alkyl halides is 3. The van der Waals surface area contributed by atoms with Crippen LogP contribution in [0.3, 0.4) is 0 Å². The molecule has 2 saturated heterocycles. The number of aromatic nitrogens is 2. The van der Waals surface area contributed by atoms with Gasteiger partial charge in [0.25, 0.3) is 10.0 Å². The highest BCUT2D eigenvalue weighted by atomic mass is 32.2. The smallest absolute Gasteiger partial charge is 0.475 e. The molecule has 1 spiro atoms. The molecule has 13 heteroatoms. The molecule has 2 aliphatic heterocycles. The number of carboxylic acids is 1. The third-order valence-corrected chi connectivity index (χ3v) is 6.94. The summed E-state index contributed by atoms with van der Waals surface area (Å²) in [6.07, 6.45) is 1.59. The van der Waals surface area contributed by atoms with Gasteiger partial charge in [-0.05, 0) is 19.3 Å². The molecule has 1 aromatic rings. The zero-order valence-electron chi connectivity index (χ0n) is 16.3. The minimum absolute atomic E-state index is 0.0713. The number of aliphatic carboxylic acids is 1. The first-order chi connectivity index (χ1) is 13.8. The van der Waals surface area contributed by atoms with Crippen molar-refractivity contribution < 1.29 is 36.3 Å². The van der Waals surface area contributed by atoms with Crippen LogP contribution in [0, 0.1) is 5.41 Å².